The van der Waals surface area contributed by atoms with Gasteiger partial charge in [-0.15, -0.1) is 0 Å². The van der Waals surface area contributed by atoms with Crippen molar-refractivity contribution in [3.63, 3.8) is 0 Å². The lowest BCUT2D eigenvalue weighted by Crippen LogP contribution is -2.48. The van der Waals surface area contributed by atoms with Crippen LogP contribution in [0.15, 0.2) is 0 Å². The number of carbonyl (C=O) groups excluding carboxylic acids is 1. The van der Waals surface area contributed by atoms with Gasteiger partial charge in [0.2, 0.25) is 5.91 Å². The van der Waals surface area contributed by atoms with Crippen molar-refractivity contribution in [2.45, 2.75) is 70.0 Å². The van der Waals surface area contributed by atoms with Crippen LogP contribution in [0.1, 0.15) is 51.9 Å². The van der Waals surface area contributed by atoms with E-state index in [0.717, 1.165) is 19.6 Å². The van der Waals surface area contributed by atoms with Gasteiger partial charge in [0.25, 0.3) is 0 Å². The Morgan fingerprint density at radius 2 is 1.85 bits per heavy atom. The molecule has 0 aromatic heterocycles. The molecular weight excluding hydrogens is 250 g/mol. The van der Waals surface area contributed by atoms with Crippen molar-refractivity contribution in [2.24, 2.45) is 0 Å². The highest BCUT2D eigenvalue weighted by Gasteiger charge is 2.36. The van der Waals surface area contributed by atoms with E-state index in [4.69, 9.17) is 0 Å². The summed E-state index contributed by atoms with van der Waals surface area (Å²) >= 11 is 0. The smallest absolute Gasteiger partial charge is 0.236 e. The molecule has 0 aromatic carbocycles. The Morgan fingerprint density at radius 1 is 1.10 bits per heavy atom. The first-order chi connectivity index (χ1) is 9.78. The molecule has 2 aliphatic carbocycles. The number of piperidine rings is 1. The molecule has 1 N–H and O–H groups in total. The second-order valence-corrected chi connectivity index (χ2v) is 6.72. The highest BCUT2D eigenvalue weighted by molar-refractivity contribution is 5.79. The number of nitrogens with one attached hydrogen (secondary N) is 1. The molecule has 1 amide bonds. The molecule has 4 nitrogen and oxygen atoms in total. The van der Waals surface area contributed by atoms with Crippen LogP contribution in [0.25, 0.3) is 0 Å². The maximum absolute atomic E-state index is 12.5. The van der Waals surface area contributed by atoms with Crippen molar-refractivity contribution in [3.05, 3.63) is 0 Å². The fourth-order valence-corrected chi connectivity index (χ4v) is 3.43. The van der Waals surface area contributed by atoms with Gasteiger partial charge in [-0.25, -0.2) is 0 Å². The van der Waals surface area contributed by atoms with Gasteiger partial charge in [-0.05, 0) is 52.0 Å². The minimum absolute atomic E-state index is 0.359. The van der Waals surface area contributed by atoms with Crippen LogP contribution in [0.2, 0.25) is 0 Å². The van der Waals surface area contributed by atoms with Crippen molar-refractivity contribution in [1.29, 1.82) is 0 Å². The minimum atomic E-state index is 0.359. The molecule has 1 aliphatic heterocycles. The van der Waals surface area contributed by atoms with Gasteiger partial charge in [0, 0.05) is 31.2 Å². The third kappa shape index (κ3) is 3.73. The van der Waals surface area contributed by atoms with Crippen LogP contribution in [0.3, 0.4) is 0 Å². The second-order valence-electron chi connectivity index (χ2n) is 6.72. The van der Waals surface area contributed by atoms with Crippen molar-refractivity contribution in [1.82, 2.24) is 15.1 Å². The van der Waals surface area contributed by atoms with E-state index in [1.165, 1.54) is 44.9 Å². The highest BCUT2D eigenvalue weighted by atomic mass is 16.2. The summed E-state index contributed by atoms with van der Waals surface area (Å²) in [5, 5.41) is 3.62. The number of carbonyl (C=O) groups is 1. The average molecular weight is 279 g/mol. The highest BCUT2D eigenvalue weighted by Crippen LogP contribution is 2.30. The molecule has 1 unspecified atom stereocenters. The Balaban J connectivity index is 1.52. The summed E-state index contributed by atoms with van der Waals surface area (Å²) < 4.78 is 0. The largest absolute Gasteiger partial charge is 0.339 e. The van der Waals surface area contributed by atoms with E-state index in [9.17, 15) is 4.79 Å². The lowest BCUT2D eigenvalue weighted by molar-refractivity contribution is -0.133. The Morgan fingerprint density at radius 3 is 2.40 bits per heavy atom. The summed E-state index contributed by atoms with van der Waals surface area (Å²) in [6.07, 6.45) is 8.93. The van der Waals surface area contributed by atoms with Crippen molar-refractivity contribution in [3.8, 4) is 0 Å². The van der Waals surface area contributed by atoms with Crippen molar-refractivity contribution in [2.75, 3.05) is 26.2 Å². The first-order valence-electron chi connectivity index (χ1n) is 8.55. The molecule has 20 heavy (non-hydrogen) atoms. The molecule has 3 fully saturated rings. The number of hydrogen-bond acceptors (Lipinski definition) is 3. The molecule has 0 aromatic rings. The van der Waals surface area contributed by atoms with Crippen LogP contribution in [0, 0.1) is 0 Å². The van der Waals surface area contributed by atoms with Gasteiger partial charge in [-0.2, -0.15) is 0 Å². The fourth-order valence-electron chi connectivity index (χ4n) is 3.43. The number of rotatable bonds is 7. The first kappa shape index (κ1) is 14.3. The average Bonchev–Trinajstić information content (AvgIpc) is 3.32. The maximum Gasteiger partial charge on any atom is 0.236 e. The van der Waals surface area contributed by atoms with Crippen LogP contribution in [-0.2, 0) is 4.79 Å². The summed E-state index contributed by atoms with van der Waals surface area (Å²) in [6, 6.07) is 1.84. The summed E-state index contributed by atoms with van der Waals surface area (Å²) in [6.45, 7) is 5.86. The lowest BCUT2D eigenvalue weighted by Gasteiger charge is -2.32. The second kappa shape index (κ2) is 6.44. The first-order valence-corrected chi connectivity index (χ1v) is 8.55. The van der Waals surface area contributed by atoms with E-state index >= 15 is 0 Å². The fraction of sp³-hybridized carbons (Fsp3) is 0.938. The van der Waals surface area contributed by atoms with Crippen LogP contribution in [0.4, 0.5) is 0 Å². The summed E-state index contributed by atoms with van der Waals surface area (Å²) in [4.78, 5) is 17.1. The van der Waals surface area contributed by atoms with E-state index in [0.29, 0.717) is 30.6 Å². The van der Waals surface area contributed by atoms with E-state index in [2.05, 4.69) is 22.0 Å². The van der Waals surface area contributed by atoms with Gasteiger partial charge in [-0.3, -0.25) is 9.69 Å². The zero-order valence-corrected chi connectivity index (χ0v) is 12.8. The Bertz CT molecular complexity index is 333. The van der Waals surface area contributed by atoms with E-state index < -0.39 is 0 Å². The van der Waals surface area contributed by atoms with E-state index in [1.807, 2.05) is 0 Å². The quantitative estimate of drug-likeness (QED) is 0.769. The Kier molecular flexibility index (Phi) is 4.61. The van der Waals surface area contributed by atoms with Crippen LogP contribution >= 0.6 is 0 Å². The van der Waals surface area contributed by atoms with E-state index in [1.54, 1.807) is 0 Å². The number of amides is 1. The monoisotopic (exact) mass is 279 g/mol. The summed E-state index contributed by atoms with van der Waals surface area (Å²) in [7, 11) is 0. The molecule has 114 valence electrons. The molecule has 3 rings (SSSR count). The lowest BCUT2D eigenvalue weighted by atomic mass is 10.0. The molecule has 1 heterocycles. The third-order valence-electron chi connectivity index (χ3n) is 4.92. The molecule has 0 spiro atoms. The van der Waals surface area contributed by atoms with Gasteiger partial charge < -0.3 is 10.2 Å². The van der Waals surface area contributed by atoms with Gasteiger partial charge in [-0.1, -0.05) is 6.42 Å². The normalized spacial score (nSPS) is 26.8. The predicted octanol–water partition coefficient (Wildman–Crippen LogP) is 1.60. The number of hydrogen-bond donors (Lipinski definition) is 1. The molecule has 3 aliphatic rings. The van der Waals surface area contributed by atoms with Gasteiger partial charge >= 0.3 is 0 Å². The molecular formula is C16H29N3O. The Labute approximate surface area is 122 Å². The SMILES string of the molecule is CCN(C(=O)CN(CC1CCCCN1)C1CC1)C1CC1. The van der Waals surface area contributed by atoms with Crippen LogP contribution in [0.5, 0.6) is 0 Å². The summed E-state index contributed by atoms with van der Waals surface area (Å²) in [5.41, 5.74) is 0. The van der Waals surface area contributed by atoms with E-state index in [-0.39, 0.29) is 0 Å². The van der Waals surface area contributed by atoms with Crippen LogP contribution in [-0.4, -0.2) is 60.0 Å². The maximum atomic E-state index is 12.5. The minimum Gasteiger partial charge on any atom is -0.339 e. The third-order valence-corrected chi connectivity index (χ3v) is 4.92. The zero-order chi connectivity index (χ0) is 13.9. The van der Waals surface area contributed by atoms with Crippen LogP contribution < -0.4 is 5.32 Å². The predicted molar refractivity (Wildman–Crippen MR) is 80.6 cm³/mol. The van der Waals surface area contributed by atoms with Gasteiger partial charge in [0.15, 0.2) is 0 Å². The van der Waals surface area contributed by atoms with Crippen molar-refractivity contribution >= 4 is 5.91 Å². The molecule has 0 radical (unpaired) electrons. The van der Waals surface area contributed by atoms with Crippen molar-refractivity contribution < 1.29 is 4.79 Å². The number of likely N-dealkylation sites (N-methyl/N-ethyl adjacent to an activating group) is 1. The molecule has 2 saturated carbocycles. The molecule has 1 saturated heterocycles. The molecule has 1 atom stereocenters. The Hall–Kier alpha value is -0.610. The zero-order valence-electron chi connectivity index (χ0n) is 12.8. The van der Waals surface area contributed by atoms with Gasteiger partial charge in [0.1, 0.15) is 0 Å². The summed E-state index contributed by atoms with van der Waals surface area (Å²) in [5.74, 6) is 0.359. The molecule has 4 heteroatoms. The number of nitrogens with zero attached hydrogens (tertiary/aromatic N) is 2. The topological polar surface area (TPSA) is 35.6 Å². The van der Waals surface area contributed by atoms with Gasteiger partial charge in [0.05, 0.1) is 6.54 Å². The molecule has 0 bridgehead atoms. The standard InChI is InChI=1S/C16H29N3O/c1-2-19(15-8-9-15)16(20)12-18(14-6-7-14)11-13-5-3-4-10-17-13/h13-15,17H,2-12H2,1H3.